The molecule has 0 aliphatic carbocycles. The summed E-state index contributed by atoms with van der Waals surface area (Å²) in [7, 11) is 0. The van der Waals surface area contributed by atoms with Crippen LogP contribution >= 0.6 is 0 Å². The lowest BCUT2D eigenvalue weighted by Gasteiger charge is -2.18. The summed E-state index contributed by atoms with van der Waals surface area (Å²) >= 11 is 0. The Hall–Kier alpha value is -1.84. The normalized spacial score (nSPS) is 23.4. The van der Waals surface area contributed by atoms with Crippen LogP contribution in [-0.4, -0.2) is 40.9 Å². The van der Waals surface area contributed by atoms with Gasteiger partial charge in [0.25, 0.3) is 5.91 Å². The second-order valence-corrected chi connectivity index (χ2v) is 5.72. The van der Waals surface area contributed by atoms with Gasteiger partial charge in [-0.15, -0.1) is 0 Å². The third-order valence-corrected chi connectivity index (χ3v) is 4.43. The number of carbonyl (C=O) groups is 2. The molecule has 0 N–H and O–H groups in total. The molecule has 0 radical (unpaired) electrons. The zero-order chi connectivity index (χ0) is 14.1. The molecule has 2 saturated heterocycles. The van der Waals surface area contributed by atoms with Crippen LogP contribution in [0.3, 0.4) is 0 Å². The number of amides is 3. The van der Waals surface area contributed by atoms with Crippen LogP contribution in [0.5, 0.6) is 0 Å². The van der Waals surface area contributed by atoms with Crippen LogP contribution in [0, 0.1) is 0 Å². The molecule has 2 aliphatic heterocycles. The second kappa shape index (κ2) is 5.27. The standard InChI is InChI=1S/C16H20N2O2/c1-12(13-6-3-2-4-7-13)9-11-18-15(19)14-8-5-10-17(14)16(18)20/h2-4,6-7,12,14H,5,8-11H2,1H3/t12-,14-/m1/s1. The van der Waals surface area contributed by atoms with E-state index in [1.165, 1.54) is 10.5 Å². The Balaban J connectivity index is 1.62. The fraction of sp³-hybridized carbons (Fsp3) is 0.500. The minimum atomic E-state index is -0.172. The van der Waals surface area contributed by atoms with Crippen molar-refractivity contribution in [1.29, 1.82) is 0 Å². The molecule has 1 aromatic rings. The van der Waals surface area contributed by atoms with Crippen molar-refractivity contribution >= 4 is 11.9 Å². The average molecular weight is 272 g/mol. The van der Waals surface area contributed by atoms with Gasteiger partial charge in [-0.25, -0.2) is 4.79 Å². The molecular weight excluding hydrogens is 252 g/mol. The molecule has 0 bridgehead atoms. The van der Waals surface area contributed by atoms with Gasteiger partial charge in [0.15, 0.2) is 0 Å². The van der Waals surface area contributed by atoms with Gasteiger partial charge in [0, 0.05) is 13.1 Å². The van der Waals surface area contributed by atoms with Gasteiger partial charge >= 0.3 is 6.03 Å². The number of hydrogen-bond donors (Lipinski definition) is 0. The van der Waals surface area contributed by atoms with Gasteiger partial charge in [-0.05, 0) is 30.7 Å². The first-order chi connectivity index (χ1) is 9.68. The number of fused-ring (bicyclic) bond motifs is 1. The van der Waals surface area contributed by atoms with E-state index in [1.807, 2.05) is 18.2 Å². The van der Waals surface area contributed by atoms with Crippen LogP contribution in [0.25, 0.3) is 0 Å². The van der Waals surface area contributed by atoms with E-state index in [2.05, 4.69) is 19.1 Å². The summed E-state index contributed by atoms with van der Waals surface area (Å²) in [5.41, 5.74) is 1.26. The summed E-state index contributed by atoms with van der Waals surface area (Å²) in [5, 5.41) is 0. The summed E-state index contributed by atoms with van der Waals surface area (Å²) in [6.45, 7) is 3.40. The zero-order valence-corrected chi connectivity index (χ0v) is 11.8. The van der Waals surface area contributed by atoms with Crippen molar-refractivity contribution in [2.75, 3.05) is 13.1 Å². The SMILES string of the molecule is C[C@H](CCN1C(=O)[C@H]2CCCN2C1=O)c1ccccc1. The predicted octanol–water partition coefficient (Wildman–Crippen LogP) is 2.61. The van der Waals surface area contributed by atoms with Crippen molar-refractivity contribution in [2.24, 2.45) is 0 Å². The molecular formula is C16H20N2O2. The zero-order valence-electron chi connectivity index (χ0n) is 11.8. The molecule has 106 valence electrons. The maximum Gasteiger partial charge on any atom is 0.327 e. The predicted molar refractivity (Wildman–Crippen MR) is 76.3 cm³/mol. The second-order valence-electron chi connectivity index (χ2n) is 5.72. The quantitative estimate of drug-likeness (QED) is 0.790. The first-order valence-corrected chi connectivity index (χ1v) is 7.35. The van der Waals surface area contributed by atoms with Crippen molar-refractivity contribution in [3.05, 3.63) is 35.9 Å². The number of benzene rings is 1. The van der Waals surface area contributed by atoms with E-state index in [-0.39, 0.29) is 18.0 Å². The van der Waals surface area contributed by atoms with Gasteiger partial charge in [0.2, 0.25) is 0 Å². The van der Waals surface area contributed by atoms with E-state index in [4.69, 9.17) is 0 Å². The third kappa shape index (κ3) is 2.19. The third-order valence-electron chi connectivity index (χ3n) is 4.43. The fourth-order valence-corrected chi connectivity index (χ4v) is 3.16. The van der Waals surface area contributed by atoms with Crippen molar-refractivity contribution < 1.29 is 9.59 Å². The Kier molecular flexibility index (Phi) is 3.47. The number of hydrogen-bond acceptors (Lipinski definition) is 2. The largest absolute Gasteiger partial charge is 0.327 e. The highest BCUT2D eigenvalue weighted by atomic mass is 16.2. The molecule has 20 heavy (non-hydrogen) atoms. The van der Waals surface area contributed by atoms with Crippen molar-refractivity contribution in [3.8, 4) is 0 Å². The van der Waals surface area contributed by atoms with Crippen molar-refractivity contribution in [1.82, 2.24) is 9.80 Å². The van der Waals surface area contributed by atoms with Crippen LogP contribution in [-0.2, 0) is 4.79 Å². The minimum absolute atomic E-state index is 0.00719. The monoisotopic (exact) mass is 272 g/mol. The maximum absolute atomic E-state index is 12.2. The highest BCUT2D eigenvalue weighted by molar-refractivity contribution is 6.04. The fourth-order valence-electron chi connectivity index (χ4n) is 3.16. The number of rotatable bonds is 4. The van der Waals surface area contributed by atoms with Crippen molar-refractivity contribution in [3.63, 3.8) is 0 Å². The molecule has 2 atom stereocenters. The van der Waals surface area contributed by atoms with Gasteiger partial charge in [-0.3, -0.25) is 9.69 Å². The van der Waals surface area contributed by atoms with E-state index in [0.717, 1.165) is 25.8 Å². The smallest absolute Gasteiger partial charge is 0.312 e. The van der Waals surface area contributed by atoms with Crippen LogP contribution in [0.15, 0.2) is 30.3 Å². The number of carbonyl (C=O) groups excluding carboxylic acids is 2. The molecule has 3 amide bonds. The molecule has 0 spiro atoms. The first kappa shape index (κ1) is 13.2. The molecule has 0 aromatic heterocycles. The first-order valence-electron chi connectivity index (χ1n) is 7.35. The molecule has 0 saturated carbocycles. The highest BCUT2D eigenvalue weighted by Gasteiger charge is 2.46. The van der Waals surface area contributed by atoms with Crippen LogP contribution in [0.1, 0.15) is 37.7 Å². The van der Waals surface area contributed by atoms with Crippen molar-refractivity contribution in [2.45, 2.75) is 38.1 Å². The molecule has 4 nitrogen and oxygen atoms in total. The van der Waals surface area contributed by atoms with Gasteiger partial charge < -0.3 is 4.90 Å². The average Bonchev–Trinajstić information content (AvgIpc) is 3.03. The molecule has 1 aromatic carbocycles. The summed E-state index contributed by atoms with van der Waals surface area (Å²) in [4.78, 5) is 27.6. The minimum Gasteiger partial charge on any atom is -0.312 e. The van der Waals surface area contributed by atoms with E-state index in [0.29, 0.717) is 12.5 Å². The van der Waals surface area contributed by atoms with E-state index >= 15 is 0 Å². The lowest BCUT2D eigenvalue weighted by Crippen LogP contribution is -2.34. The van der Waals surface area contributed by atoms with Crippen LogP contribution in [0.4, 0.5) is 4.79 Å². The van der Waals surface area contributed by atoms with Gasteiger partial charge in [0.05, 0.1) is 0 Å². The Morgan fingerprint density at radius 3 is 2.70 bits per heavy atom. The summed E-state index contributed by atoms with van der Waals surface area (Å²) in [6.07, 6.45) is 2.60. The van der Waals surface area contributed by atoms with Gasteiger partial charge in [-0.1, -0.05) is 37.3 Å². The lowest BCUT2D eigenvalue weighted by atomic mass is 9.98. The summed E-state index contributed by atoms with van der Waals surface area (Å²) < 4.78 is 0. The maximum atomic E-state index is 12.2. The Morgan fingerprint density at radius 1 is 1.25 bits per heavy atom. The number of nitrogens with zero attached hydrogens (tertiary/aromatic N) is 2. The Morgan fingerprint density at radius 2 is 2.00 bits per heavy atom. The lowest BCUT2D eigenvalue weighted by molar-refractivity contribution is -0.128. The topological polar surface area (TPSA) is 40.6 Å². The Bertz CT molecular complexity index is 492. The van der Waals surface area contributed by atoms with Crippen LogP contribution < -0.4 is 0 Å². The van der Waals surface area contributed by atoms with Crippen LogP contribution in [0.2, 0.25) is 0 Å². The van der Waals surface area contributed by atoms with Gasteiger partial charge in [0.1, 0.15) is 6.04 Å². The van der Waals surface area contributed by atoms with E-state index < -0.39 is 0 Å². The van der Waals surface area contributed by atoms with E-state index in [9.17, 15) is 9.59 Å². The highest BCUT2D eigenvalue weighted by Crippen LogP contribution is 2.28. The molecule has 2 aliphatic rings. The molecule has 3 rings (SSSR count). The molecule has 2 heterocycles. The molecule has 2 fully saturated rings. The van der Waals surface area contributed by atoms with Gasteiger partial charge in [-0.2, -0.15) is 0 Å². The van der Waals surface area contributed by atoms with E-state index in [1.54, 1.807) is 4.90 Å². The number of imide groups is 1. The number of urea groups is 1. The molecule has 0 unspecified atom stereocenters. The summed E-state index contributed by atoms with van der Waals surface area (Å²) in [5.74, 6) is 0.361. The molecule has 4 heteroatoms. The Labute approximate surface area is 119 Å². The summed E-state index contributed by atoms with van der Waals surface area (Å²) in [6, 6.07) is 9.97.